The number of carbonyl (C=O) groups excluding carboxylic acids is 1. The molecule has 1 aromatic heterocycles. The van der Waals surface area contributed by atoms with Crippen LogP contribution in [0.1, 0.15) is 31.0 Å². The van der Waals surface area contributed by atoms with Crippen LogP contribution in [-0.4, -0.2) is 58.0 Å². The van der Waals surface area contributed by atoms with Crippen molar-refractivity contribution in [2.45, 2.75) is 35.4 Å². The number of anilines is 2. The summed E-state index contributed by atoms with van der Waals surface area (Å²) >= 11 is 6.43. The van der Waals surface area contributed by atoms with E-state index in [1.165, 1.54) is 18.2 Å². The van der Waals surface area contributed by atoms with Gasteiger partial charge in [0.05, 0.1) is 46.5 Å². The third kappa shape index (κ3) is 5.14. The zero-order chi connectivity index (χ0) is 27.8. The molecule has 1 saturated carbocycles. The molecule has 2 heterocycles. The first-order chi connectivity index (χ1) is 18.7. The quantitative estimate of drug-likeness (QED) is 0.307. The van der Waals surface area contributed by atoms with Crippen LogP contribution in [0.2, 0.25) is 5.02 Å². The number of amides is 2. The summed E-state index contributed by atoms with van der Waals surface area (Å²) in [4.78, 5) is 23.7. The van der Waals surface area contributed by atoms with Crippen LogP contribution in [0.25, 0.3) is 11.4 Å². The molecule has 3 aromatic rings. The second-order valence-corrected chi connectivity index (χ2v) is 12.4. The lowest BCUT2D eigenvalue weighted by atomic mass is 10.1. The van der Waals surface area contributed by atoms with Gasteiger partial charge in [0.1, 0.15) is 10.6 Å². The highest BCUT2D eigenvalue weighted by Crippen LogP contribution is 2.76. The molecule has 39 heavy (non-hydrogen) atoms. The number of urea groups is 1. The van der Waals surface area contributed by atoms with Gasteiger partial charge in [-0.05, 0) is 62.2 Å². The van der Waals surface area contributed by atoms with Crippen molar-refractivity contribution in [1.29, 1.82) is 5.26 Å². The van der Waals surface area contributed by atoms with E-state index in [9.17, 15) is 19.2 Å². The van der Waals surface area contributed by atoms with E-state index in [4.69, 9.17) is 26.3 Å². The fraction of sp³-hybridized carbons (Fsp3) is 0.333. The number of rotatable bonds is 6. The number of hydrogen-bond acceptors (Lipinski definition) is 8. The van der Waals surface area contributed by atoms with E-state index in [0.717, 1.165) is 0 Å². The minimum atomic E-state index is -3.45. The number of ether oxygens (including phenoxy) is 1. The van der Waals surface area contributed by atoms with Crippen LogP contribution in [-0.2, 0) is 9.48 Å². The molecule has 2 fully saturated rings. The van der Waals surface area contributed by atoms with Gasteiger partial charge in [-0.1, -0.05) is 11.6 Å². The van der Waals surface area contributed by atoms with Gasteiger partial charge in [-0.3, -0.25) is 9.11 Å². The van der Waals surface area contributed by atoms with Crippen molar-refractivity contribution in [2.24, 2.45) is 0 Å². The first-order valence-electron chi connectivity index (χ1n) is 12.5. The van der Waals surface area contributed by atoms with Gasteiger partial charge in [-0.15, -0.1) is 0 Å². The van der Waals surface area contributed by atoms with E-state index >= 15 is 0 Å². The topological polar surface area (TPSA) is 144 Å². The van der Waals surface area contributed by atoms with E-state index in [1.807, 2.05) is 24.3 Å². The normalized spacial score (nSPS) is 18.7. The van der Waals surface area contributed by atoms with Crippen molar-refractivity contribution >= 4 is 39.7 Å². The highest BCUT2D eigenvalue weighted by atomic mass is 35.5. The lowest BCUT2D eigenvalue weighted by Gasteiger charge is -2.42. The average Bonchev–Trinajstić information content (AvgIpc) is 3.76. The molecule has 1 atom stereocenters. The van der Waals surface area contributed by atoms with E-state index in [0.29, 0.717) is 66.8 Å². The first-order valence-corrected chi connectivity index (χ1v) is 14.4. The van der Waals surface area contributed by atoms with Crippen LogP contribution in [0.5, 0.6) is 0 Å². The zero-order valence-electron chi connectivity index (χ0n) is 21.5. The number of benzene rings is 2. The zero-order valence-corrected chi connectivity index (χ0v) is 23.1. The standard InChI is InChI=1S/C27H29ClN6O4S/c1-17-16-38-12-11-34(17)24-14-23(32-25(33-24)19-4-6-20(7-5-19)31-26(35)30-2)27(9-10-27)39(36,37)22-8-3-18(15-29)13-21(22)28/h3-8,13-14,17,36-37H,9-12,16H2,1-2H3,(H2,30,31,35)/t17-/m0/s1. The molecule has 0 spiro atoms. The molecule has 1 saturated heterocycles. The van der Waals surface area contributed by atoms with Crippen LogP contribution in [0.3, 0.4) is 0 Å². The highest BCUT2D eigenvalue weighted by Gasteiger charge is 2.58. The number of halogens is 1. The SMILES string of the molecule is CNC(=O)Nc1ccc(-c2nc(N3CCOC[C@@H]3C)cc(C3(S(O)(O)c4ccc(C#N)cc4Cl)CC3)n2)cc1. The summed E-state index contributed by atoms with van der Waals surface area (Å²) in [5.74, 6) is 1.10. The van der Waals surface area contributed by atoms with Crippen LogP contribution >= 0.6 is 22.2 Å². The fourth-order valence-corrected chi connectivity index (χ4v) is 7.30. The van der Waals surface area contributed by atoms with E-state index in [1.54, 1.807) is 19.2 Å². The second kappa shape index (κ2) is 10.6. The third-order valence-corrected chi connectivity index (χ3v) is 10.2. The Kier molecular flexibility index (Phi) is 7.41. The number of nitrogens with zero attached hydrogens (tertiary/aromatic N) is 4. The van der Waals surface area contributed by atoms with Gasteiger partial charge in [-0.2, -0.15) is 15.9 Å². The smallest absolute Gasteiger partial charge is 0.318 e. The number of carbonyl (C=O) groups is 1. The molecule has 0 bridgehead atoms. The summed E-state index contributed by atoms with van der Waals surface area (Å²) in [6.45, 7) is 3.80. The van der Waals surface area contributed by atoms with Crippen LogP contribution in [0.15, 0.2) is 53.4 Å². The largest absolute Gasteiger partial charge is 0.377 e. The summed E-state index contributed by atoms with van der Waals surface area (Å²) in [5, 5.41) is 14.6. The molecule has 0 radical (unpaired) electrons. The molecule has 2 aromatic carbocycles. The number of nitrogens with one attached hydrogen (secondary N) is 2. The monoisotopic (exact) mass is 568 g/mol. The summed E-state index contributed by atoms with van der Waals surface area (Å²) in [6, 6.07) is 15.2. The number of hydrogen-bond donors (Lipinski definition) is 4. The van der Waals surface area contributed by atoms with Gasteiger partial charge in [0.25, 0.3) is 0 Å². The Balaban J connectivity index is 1.59. The van der Waals surface area contributed by atoms with E-state index < -0.39 is 15.3 Å². The van der Waals surface area contributed by atoms with Gasteiger partial charge in [0.2, 0.25) is 0 Å². The maximum atomic E-state index is 11.7. The van der Waals surface area contributed by atoms with Crippen LogP contribution in [0.4, 0.5) is 16.3 Å². The lowest BCUT2D eigenvalue weighted by Crippen LogP contribution is -2.44. The number of morpholine rings is 1. The second-order valence-electron chi connectivity index (χ2n) is 9.63. The summed E-state index contributed by atoms with van der Waals surface area (Å²) in [5.41, 5.74) is 2.19. The Morgan fingerprint density at radius 1 is 1.21 bits per heavy atom. The van der Waals surface area contributed by atoms with Crippen molar-refractivity contribution in [1.82, 2.24) is 15.3 Å². The summed E-state index contributed by atoms with van der Waals surface area (Å²) in [7, 11) is -1.91. The maximum absolute atomic E-state index is 11.7. The predicted octanol–water partition coefficient (Wildman–Crippen LogP) is 5.44. The molecule has 10 nitrogen and oxygen atoms in total. The van der Waals surface area contributed by atoms with Gasteiger partial charge in [0.15, 0.2) is 5.82 Å². The van der Waals surface area contributed by atoms with Gasteiger partial charge in [-0.25, -0.2) is 14.8 Å². The molecular formula is C27H29ClN6O4S. The predicted molar refractivity (Wildman–Crippen MR) is 151 cm³/mol. The number of aromatic nitrogens is 2. The fourth-order valence-electron chi connectivity index (χ4n) is 4.72. The van der Waals surface area contributed by atoms with Crippen LogP contribution in [0, 0.1) is 11.3 Å². The summed E-state index contributed by atoms with van der Waals surface area (Å²) < 4.78 is 27.9. The molecule has 204 valence electrons. The van der Waals surface area contributed by atoms with Crippen molar-refractivity contribution in [3.05, 3.63) is 64.8 Å². The van der Waals surface area contributed by atoms with Gasteiger partial charge >= 0.3 is 6.03 Å². The van der Waals surface area contributed by atoms with E-state index in [-0.39, 0.29) is 22.0 Å². The minimum absolute atomic E-state index is 0.0666. The average molecular weight is 569 g/mol. The molecule has 1 aliphatic heterocycles. The molecule has 2 amide bonds. The molecule has 4 N–H and O–H groups in total. The molecular weight excluding hydrogens is 540 g/mol. The van der Waals surface area contributed by atoms with Crippen molar-refractivity contribution in [3.8, 4) is 17.5 Å². The summed E-state index contributed by atoms with van der Waals surface area (Å²) in [6.07, 6.45) is 1.02. The van der Waals surface area contributed by atoms with Gasteiger partial charge < -0.3 is 20.3 Å². The Morgan fingerprint density at radius 3 is 2.56 bits per heavy atom. The highest BCUT2D eigenvalue weighted by molar-refractivity contribution is 8.25. The van der Waals surface area contributed by atoms with Crippen molar-refractivity contribution in [2.75, 3.05) is 37.0 Å². The third-order valence-electron chi connectivity index (χ3n) is 7.09. The Bertz CT molecular complexity index is 1440. The minimum Gasteiger partial charge on any atom is -0.377 e. The Labute approximate surface area is 233 Å². The Hall–Kier alpha value is -3.40. The van der Waals surface area contributed by atoms with Gasteiger partial charge in [0, 0.05) is 30.9 Å². The first kappa shape index (κ1) is 27.2. The lowest BCUT2D eigenvalue weighted by molar-refractivity contribution is 0.0985. The maximum Gasteiger partial charge on any atom is 0.318 e. The molecule has 12 heteroatoms. The van der Waals surface area contributed by atoms with Crippen molar-refractivity contribution in [3.63, 3.8) is 0 Å². The molecule has 5 rings (SSSR count). The Morgan fingerprint density at radius 2 is 1.95 bits per heavy atom. The van der Waals surface area contributed by atoms with E-state index in [2.05, 4.69) is 22.5 Å². The van der Waals surface area contributed by atoms with Crippen molar-refractivity contribution < 1.29 is 18.6 Å². The number of nitriles is 1. The molecule has 0 unspecified atom stereocenters. The van der Waals surface area contributed by atoms with Crippen LogP contribution < -0.4 is 15.5 Å². The molecule has 1 aliphatic carbocycles. The molecule has 2 aliphatic rings.